The van der Waals surface area contributed by atoms with Gasteiger partial charge in [0, 0.05) is 18.7 Å². The second kappa shape index (κ2) is 10.7. The maximum absolute atomic E-state index is 15.0. The maximum Gasteiger partial charge on any atom is 0.247 e. The molecule has 0 aliphatic carbocycles. The van der Waals surface area contributed by atoms with Gasteiger partial charge in [0.25, 0.3) is 0 Å². The van der Waals surface area contributed by atoms with E-state index in [1.165, 1.54) is 28.0 Å². The number of para-hydroxylation sites is 1. The zero-order chi connectivity index (χ0) is 24.9. The molecule has 0 radical (unpaired) electrons. The summed E-state index contributed by atoms with van der Waals surface area (Å²) in [7, 11) is 0. The fourth-order valence-corrected chi connectivity index (χ4v) is 4.44. The smallest absolute Gasteiger partial charge is 0.247 e. The first-order chi connectivity index (χ1) is 17.6. The van der Waals surface area contributed by atoms with Crippen molar-refractivity contribution in [1.29, 1.82) is 0 Å². The van der Waals surface area contributed by atoms with E-state index >= 15 is 4.39 Å². The van der Waals surface area contributed by atoms with Crippen LogP contribution < -0.4 is 5.32 Å². The van der Waals surface area contributed by atoms with Crippen LogP contribution in [0.5, 0.6) is 0 Å². The fourth-order valence-electron chi connectivity index (χ4n) is 4.44. The molecule has 0 unspecified atom stereocenters. The third kappa shape index (κ3) is 5.13. The molecule has 0 saturated carbocycles. The van der Waals surface area contributed by atoms with Crippen molar-refractivity contribution >= 4 is 22.8 Å². The SMILES string of the molecule is O=C(NCc1ccco1)[C@@H](c1ccccc1F)N(C[C@H]1CCCO1)C(=O)Cn1nnc2ccccc21. The Labute approximate surface area is 206 Å². The molecule has 2 aromatic carbocycles. The molecule has 5 rings (SSSR count). The highest BCUT2D eigenvalue weighted by molar-refractivity contribution is 5.89. The quantitative estimate of drug-likeness (QED) is 0.386. The molecule has 186 valence electrons. The van der Waals surface area contributed by atoms with E-state index in [4.69, 9.17) is 9.15 Å². The molecule has 1 fully saturated rings. The van der Waals surface area contributed by atoms with Crippen molar-refractivity contribution in [3.63, 3.8) is 0 Å². The number of nitrogens with one attached hydrogen (secondary N) is 1. The van der Waals surface area contributed by atoms with Gasteiger partial charge in [-0.1, -0.05) is 35.5 Å². The Morgan fingerprint density at radius 1 is 1.14 bits per heavy atom. The number of rotatable bonds is 9. The largest absolute Gasteiger partial charge is 0.467 e. The van der Waals surface area contributed by atoms with Gasteiger partial charge < -0.3 is 19.4 Å². The van der Waals surface area contributed by atoms with Gasteiger partial charge in [0.15, 0.2) is 0 Å². The van der Waals surface area contributed by atoms with E-state index in [-0.39, 0.29) is 31.3 Å². The number of hydrogen-bond donors (Lipinski definition) is 1. The number of hydrogen-bond acceptors (Lipinski definition) is 6. The van der Waals surface area contributed by atoms with Crippen LogP contribution in [0.2, 0.25) is 0 Å². The molecule has 1 aliphatic rings. The van der Waals surface area contributed by atoms with E-state index in [1.807, 2.05) is 18.2 Å². The Hall–Kier alpha value is -4.05. The molecule has 2 aromatic heterocycles. The predicted molar refractivity (Wildman–Crippen MR) is 128 cm³/mol. The summed E-state index contributed by atoms with van der Waals surface area (Å²) in [5.41, 5.74) is 1.44. The Morgan fingerprint density at radius 2 is 1.97 bits per heavy atom. The van der Waals surface area contributed by atoms with E-state index in [2.05, 4.69) is 15.6 Å². The van der Waals surface area contributed by atoms with Crippen molar-refractivity contribution in [2.24, 2.45) is 0 Å². The molecule has 0 bridgehead atoms. The number of carbonyl (C=O) groups is 2. The van der Waals surface area contributed by atoms with E-state index in [1.54, 1.807) is 30.3 Å². The summed E-state index contributed by atoms with van der Waals surface area (Å²) in [5.74, 6) is -0.956. The Kier molecular flexibility index (Phi) is 7.03. The number of nitrogens with zero attached hydrogens (tertiary/aromatic N) is 4. The Morgan fingerprint density at radius 3 is 2.75 bits per heavy atom. The molecule has 4 aromatic rings. The molecule has 2 atom stereocenters. The van der Waals surface area contributed by atoms with Crippen LogP contribution in [-0.4, -0.2) is 51.0 Å². The molecule has 1 aliphatic heterocycles. The van der Waals surface area contributed by atoms with Crippen LogP contribution in [0.1, 0.15) is 30.2 Å². The number of carbonyl (C=O) groups excluding carboxylic acids is 2. The summed E-state index contributed by atoms with van der Waals surface area (Å²) in [4.78, 5) is 28.7. The Bertz CT molecular complexity index is 1330. The van der Waals surface area contributed by atoms with Crippen LogP contribution >= 0.6 is 0 Å². The van der Waals surface area contributed by atoms with Crippen LogP contribution in [-0.2, 0) is 27.4 Å². The lowest BCUT2D eigenvalue weighted by atomic mass is 10.0. The molecule has 1 N–H and O–H groups in total. The summed E-state index contributed by atoms with van der Waals surface area (Å²) in [6.07, 6.45) is 2.85. The Balaban J connectivity index is 1.48. The van der Waals surface area contributed by atoms with Gasteiger partial charge in [-0.2, -0.15) is 0 Å². The van der Waals surface area contributed by atoms with Gasteiger partial charge in [0.1, 0.15) is 29.7 Å². The minimum absolute atomic E-state index is 0.101. The van der Waals surface area contributed by atoms with E-state index in [0.29, 0.717) is 23.4 Å². The highest BCUT2D eigenvalue weighted by Gasteiger charge is 2.36. The summed E-state index contributed by atoms with van der Waals surface area (Å²) in [6.45, 7) is 0.657. The minimum Gasteiger partial charge on any atom is -0.467 e. The average molecular weight is 492 g/mol. The van der Waals surface area contributed by atoms with Crippen molar-refractivity contribution in [2.75, 3.05) is 13.2 Å². The van der Waals surface area contributed by atoms with Gasteiger partial charge in [-0.25, -0.2) is 9.07 Å². The number of furan rings is 1. The van der Waals surface area contributed by atoms with Crippen LogP contribution in [0.25, 0.3) is 11.0 Å². The second-order valence-corrected chi connectivity index (χ2v) is 8.64. The number of aromatic nitrogens is 3. The highest BCUT2D eigenvalue weighted by Crippen LogP contribution is 2.27. The highest BCUT2D eigenvalue weighted by atomic mass is 19.1. The van der Waals surface area contributed by atoms with Crippen molar-refractivity contribution in [3.8, 4) is 0 Å². The molecular weight excluding hydrogens is 465 g/mol. The molecule has 36 heavy (non-hydrogen) atoms. The van der Waals surface area contributed by atoms with Gasteiger partial charge >= 0.3 is 0 Å². The lowest BCUT2D eigenvalue weighted by Crippen LogP contribution is -2.48. The molecule has 3 heterocycles. The first-order valence-corrected chi connectivity index (χ1v) is 11.8. The van der Waals surface area contributed by atoms with Crippen LogP contribution in [0.15, 0.2) is 71.3 Å². The average Bonchev–Trinajstić information content (AvgIpc) is 3.67. The first kappa shape index (κ1) is 23.7. The van der Waals surface area contributed by atoms with Crippen LogP contribution in [0, 0.1) is 5.82 Å². The van der Waals surface area contributed by atoms with Crippen molar-refractivity contribution < 1.29 is 23.1 Å². The van der Waals surface area contributed by atoms with Crippen molar-refractivity contribution in [3.05, 3.63) is 84.1 Å². The minimum atomic E-state index is -1.22. The first-order valence-electron chi connectivity index (χ1n) is 11.8. The third-order valence-corrected chi connectivity index (χ3v) is 6.23. The lowest BCUT2D eigenvalue weighted by Gasteiger charge is -2.33. The number of fused-ring (bicyclic) bond motifs is 1. The maximum atomic E-state index is 15.0. The second-order valence-electron chi connectivity index (χ2n) is 8.64. The summed E-state index contributed by atoms with van der Waals surface area (Å²) < 4.78 is 27.6. The number of amides is 2. The zero-order valence-corrected chi connectivity index (χ0v) is 19.5. The van der Waals surface area contributed by atoms with E-state index < -0.39 is 23.7 Å². The van der Waals surface area contributed by atoms with Gasteiger partial charge in [0.2, 0.25) is 11.8 Å². The van der Waals surface area contributed by atoms with E-state index in [0.717, 1.165) is 12.8 Å². The van der Waals surface area contributed by atoms with Crippen molar-refractivity contribution in [2.45, 2.75) is 38.1 Å². The zero-order valence-electron chi connectivity index (χ0n) is 19.5. The fraction of sp³-hybridized carbons (Fsp3) is 0.308. The molecule has 2 amide bonds. The van der Waals surface area contributed by atoms with Gasteiger partial charge in [-0.3, -0.25) is 9.59 Å². The monoisotopic (exact) mass is 491 g/mol. The van der Waals surface area contributed by atoms with Crippen LogP contribution in [0.3, 0.4) is 0 Å². The molecular formula is C26H26FN5O4. The number of halogens is 1. The van der Waals surface area contributed by atoms with Gasteiger partial charge in [-0.05, 0) is 43.2 Å². The van der Waals surface area contributed by atoms with Gasteiger partial charge in [-0.15, -0.1) is 5.10 Å². The standard InChI is InChI=1S/C26H26FN5O4/c27-21-10-2-1-9-20(21)25(26(34)28-15-18-7-5-13-35-18)31(16-19-8-6-14-36-19)24(33)17-32-23-12-4-3-11-22(23)29-30-32/h1-5,7,9-13,19,25H,6,8,14-17H2,(H,28,34)/t19-,25-/m1/s1. The lowest BCUT2D eigenvalue weighted by molar-refractivity contribution is -0.143. The molecule has 1 saturated heterocycles. The normalized spacial score (nSPS) is 16.2. The molecule has 10 heteroatoms. The summed E-state index contributed by atoms with van der Waals surface area (Å²) in [6, 6.07) is 15.5. The number of benzene rings is 2. The molecule has 0 spiro atoms. The van der Waals surface area contributed by atoms with E-state index in [9.17, 15) is 9.59 Å². The topological polar surface area (TPSA) is 102 Å². The van der Waals surface area contributed by atoms with Crippen molar-refractivity contribution in [1.82, 2.24) is 25.2 Å². The summed E-state index contributed by atoms with van der Waals surface area (Å²) in [5, 5.41) is 11.0. The third-order valence-electron chi connectivity index (χ3n) is 6.23. The summed E-state index contributed by atoms with van der Waals surface area (Å²) >= 11 is 0. The van der Waals surface area contributed by atoms with Crippen LogP contribution in [0.4, 0.5) is 4.39 Å². The van der Waals surface area contributed by atoms with Gasteiger partial charge in [0.05, 0.1) is 24.4 Å². The predicted octanol–water partition coefficient (Wildman–Crippen LogP) is 3.23. The number of ether oxygens (including phenoxy) is 1. The molecule has 9 nitrogen and oxygen atoms in total.